The Balaban J connectivity index is 1.53. The molecule has 0 radical (unpaired) electrons. The number of thioether (sulfide) groups is 1. The van der Waals surface area contributed by atoms with E-state index in [1.54, 1.807) is 12.4 Å². The summed E-state index contributed by atoms with van der Waals surface area (Å²) < 4.78 is 10.4. The van der Waals surface area contributed by atoms with Gasteiger partial charge in [0.1, 0.15) is 23.6 Å². The van der Waals surface area contributed by atoms with Crippen LogP contribution in [0.3, 0.4) is 0 Å². The molecular weight excluding hydrogens is 418 g/mol. The lowest BCUT2D eigenvalue weighted by Gasteiger charge is -2.29. The fourth-order valence-corrected chi connectivity index (χ4v) is 4.95. The summed E-state index contributed by atoms with van der Waals surface area (Å²) in [6, 6.07) is 12.2. The molecule has 1 aromatic heterocycles. The van der Waals surface area contributed by atoms with E-state index < -0.39 is 29.0 Å². The topological polar surface area (TPSA) is 97.8 Å². The molecule has 1 saturated heterocycles. The van der Waals surface area contributed by atoms with Gasteiger partial charge in [0.15, 0.2) is 0 Å². The maximum absolute atomic E-state index is 13.1. The van der Waals surface area contributed by atoms with E-state index in [2.05, 4.69) is 10.3 Å². The predicted molar refractivity (Wildman–Crippen MR) is 114 cm³/mol. The Labute approximate surface area is 184 Å². The molecule has 1 aliphatic carbocycles. The van der Waals surface area contributed by atoms with Gasteiger partial charge in [0, 0.05) is 18.1 Å². The first-order valence-corrected chi connectivity index (χ1v) is 11.0. The number of esters is 1. The summed E-state index contributed by atoms with van der Waals surface area (Å²) in [5, 5.41) is 2.41. The molecule has 0 bridgehead atoms. The molecule has 2 amide bonds. The van der Waals surface area contributed by atoms with Crippen LogP contribution in [0.1, 0.15) is 29.3 Å². The molecule has 4 rings (SSSR count). The summed E-state index contributed by atoms with van der Waals surface area (Å²) in [6.07, 6.45) is 3.76. The number of carbonyl (C=O) groups excluding carboxylic acids is 3. The molecule has 1 unspecified atom stereocenters. The van der Waals surface area contributed by atoms with Crippen LogP contribution in [0.15, 0.2) is 54.9 Å². The van der Waals surface area contributed by atoms with Crippen LogP contribution in [-0.2, 0) is 25.7 Å². The first-order valence-electron chi connectivity index (χ1n) is 9.95. The molecule has 31 heavy (non-hydrogen) atoms. The third-order valence-corrected chi connectivity index (χ3v) is 6.72. The van der Waals surface area contributed by atoms with Crippen molar-refractivity contribution in [1.82, 2.24) is 15.2 Å². The van der Waals surface area contributed by atoms with E-state index in [9.17, 15) is 14.4 Å². The Hall–Kier alpha value is -3.07. The Morgan fingerprint density at radius 1 is 1.16 bits per heavy atom. The van der Waals surface area contributed by atoms with Crippen molar-refractivity contribution < 1.29 is 23.9 Å². The number of rotatable bonds is 6. The van der Waals surface area contributed by atoms with Crippen molar-refractivity contribution in [1.29, 1.82) is 0 Å². The van der Waals surface area contributed by atoms with E-state index in [1.165, 1.54) is 23.8 Å². The average Bonchev–Trinajstić information content (AvgIpc) is 3.45. The van der Waals surface area contributed by atoms with E-state index in [-0.39, 0.29) is 12.5 Å². The summed E-state index contributed by atoms with van der Waals surface area (Å²) in [7, 11) is 1.30. The molecule has 2 aliphatic rings. The van der Waals surface area contributed by atoms with Crippen LogP contribution in [0, 0.1) is 0 Å². The number of nitrogens with zero attached hydrogens (tertiary/aromatic N) is 2. The Morgan fingerprint density at radius 2 is 1.87 bits per heavy atom. The first-order chi connectivity index (χ1) is 15.0. The number of methoxy groups -OCH3 is 1. The predicted octanol–water partition coefficient (Wildman–Crippen LogP) is 2.66. The second-order valence-electron chi connectivity index (χ2n) is 7.49. The molecule has 2 heterocycles. The van der Waals surface area contributed by atoms with Crippen LogP contribution < -0.4 is 5.32 Å². The number of benzene rings is 1. The van der Waals surface area contributed by atoms with Gasteiger partial charge in [-0.3, -0.25) is 14.7 Å². The van der Waals surface area contributed by atoms with Gasteiger partial charge in [0.25, 0.3) is 0 Å². The molecule has 9 heteroatoms. The van der Waals surface area contributed by atoms with Crippen LogP contribution in [0.5, 0.6) is 0 Å². The zero-order valence-electron chi connectivity index (χ0n) is 17.0. The van der Waals surface area contributed by atoms with Crippen molar-refractivity contribution in [3.63, 3.8) is 0 Å². The summed E-state index contributed by atoms with van der Waals surface area (Å²) in [5.41, 5.74) is 0.720. The van der Waals surface area contributed by atoms with Gasteiger partial charge in [-0.1, -0.05) is 30.3 Å². The number of hydrogen-bond acceptors (Lipinski definition) is 7. The van der Waals surface area contributed by atoms with Gasteiger partial charge in [-0.2, -0.15) is 0 Å². The third kappa shape index (κ3) is 4.51. The van der Waals surface area contributed by atoms with Gasteiger partial charge in [0.05, 0.1) is 7.11 Å². The standard InChI is InChI=1S/C22H23N3O5S/c1-29-20(27)22(9-10-22)24-18(26)17-14-31-19(16-7-11-23-12-8-16)25(17)21(28)30-13-15-5-3-2-4-6-15/h2-8,11-12,17,19H,9-10,13-14H2,1H3,(H,24,26)/t17-,19?/m0/s1. The SMILES string of the molecule is COC(=O)C1(NC(=O)[C@@H]2CSC(c3ccncc3)N2C(=O)OCc2ccccc2)CC1. The minimum absolute atomic E-state index is 0.102. The number of hydrogen-bond donors (Lipinski definition) is 1. The molecule has 1 aromatic carbocycles. The summed E-state index contributed by atoms with van der Waals surface area (Å²) in [6.45, 7) is 0.102. The number of nitrogens with one attached hydrogen (secondary N) is 1. The van der Waals surface area contributed by atoms with Gasteiger partial charge >= 0.3 is 12.1 Å². The Kier molecular flexibility index (Phi) is 6.13. The van der Waals surface area contributed by atoms with Crippen molar-refractivity contribution in [3.05, 3.63) is 66.0 Å². The zero-order valence-corrected chi connectivity index (χ0v) is 17.8. The number of carbonyl (C=O) groups is 3. The highest BCUT2D eigenvalue weighted by molar-refractivity contribution is 7.99. The second kappa shape index (κ2) is 8.97. The van der Waals surface area contributed by atoms with Gasteiger partial charge in [-0.15, -0.1) is 11.8 Å². The van der Waals surface area contributed by atoms with E-state index in [0.29, 0.717) is 18.6 Å². The van der Waals surface area contributed by atoms with Gasteiger partial charge in [-0.25, -0.2) is 9.59 Å². The zero-order chi connectivity index (χ0) is 21.8. The van der Waals surface area contributed by atoms with Gasteiger partial charge in [0.2, 0.25) is 5.91 Å². The van der Waals surface area contributed by atoms with E-state index >= 15 is 0 Å². The second-order valence-corrected chi connectivity index (χ2v) is 8.61. The molecular formula is C22H23N3O5S. The molecule has 1 aliphatic heterocycles. The molecule has 2 aromatic rings. The maximum Gasteiger partial charge on any atom is 0.412 e. The van der Waals surface area contributed by atoms with Crippen molar-refractivity contribution in [3.8, 4) is 0 Å². The van der Waals surface area contributed by atoms with Gasteiger partial charge in [-0.05, 0) is 36.1 Å². The normalized spacial score (nSPS) is 21.3. The highest BCUT2D eigenvalue weighted by atomic mass is 32.2. The van der Waals surface area contributed by atoms with Crippen molar-refractivity contribution in [2.75, 3.05) is 12.9 Å². The van der Waals surface area contributed by atoms with Crippen molar-refractivity contribution >= 4 is 29.7 Å². The van der Waals surface area contributed by atoms with Crippen LogP contribution in [0.25, 0.3) is 0 Å². The fraction of sp³-hybridized carbons (Fsp3) is 0.364. The summed E-state index contributed by atoms with van der Waals surface area (Å²) >= 11 is 1.47. The Bertz CT molecular complexity index is 952. The van der Waals surface area contributed by atoms with Crippen molar-refractivity contribution in [2.45, 2.75) is 36.4 Å². The number of amides is 2. The number of aromatic nitrogens is 1. The highest BCUT2D eigenvalue weighted by Crippen LogP contribution is 2.43. The maximum atomic E-state index is 13.1. The van der Waals surface area contributed by atoms with E-state index in [4.69, 9.17) is 9.47 Å². The minimum atomic E-state index is -0.981. The van der Waals surface area contributed by atoms with E-state index in [1.807, 2.05) is 42.5 Å². The molecule has 162 valence electrons. The molecule has 1 saturated carbocycles. The fourth-order valence-electron chi connectivity index (χ4n) is 3.53. The van der Waals surface area contributed by atoms with Crippen LogP contribution >= 0.6 is 11.8 Å². The monoisotopic (exact) mass is 441 g/mol. The highest BCUT2D eigenvalue weighted by Gasteiger charge is 2.54. The molecule has 8 nitrogen and oxygen atoms in total. The molecule has 1 N–H and O–H groups in total. The third-order valence-electron chi connectivity index (χ3n) is 5.40. The molecule has 0 spiro atoms. The minimum Gasteiger partial charge on any atom is -0.467 e. The smallest absolute Gasteiger partial charge is 0.412 e. The summed E-state index contributed by atoms with van der Waals surface area (Å²) in [4.78, 5) is 43.7. The largest absolute Gasteiger partial charge is 0.467 e. The lowest BCUT2D eigenvalue weighted by atomic mass is 10.2. The quantitative estimate of drug-likeness (QED) is 0.688. The molecule has 2 fully saturated rings. The average molecular weight is 442 g/mol. The van der Waals surface area contributed by atoms with Crippen LogP contribution in [0.4, 0.5) is 4.79 Å². The lowest BCUT2D eigenvalue weighted by molar-refractivity contribution is -0.146. The van der Waals surface area contributed by atoms with E-state index in [0.717, 1.165) is 11.1 Å². The number of ether oxygens (including phenoxy) is 2. The molecule has 2 atom stereocenters. The number of pyridine rings is 1. The lowest BCUT2D eigenvalue weighted by Crippen LogP contribution is -2.53. The van der Waals surface area contributed by atoms with Crippen LogP contribution in [-0.4, -0.2) is 52.3 Å². The van der Waals surface area contributed by atoms with Crippen LogP contribution in [0.2, 0.25) is 0 Å². The first kappa shape index (κ1) is 21.2. The summed E-state index contributed by atoms with van der Waals surface area (Å²) in [5.74, 6) is -0.463. The van der Waals surface area contributed by atoms with Crippen molar-refractivity contribution in [2.24, 2.45) is 0 Å². The van der Waals surface area contributed by atoms with Gasteiger partial charge < -0.3 is 14.8 Å². The Morgan fingerprint density at radius 3 is 2.52 bits per heavy atom.